The maximum atomic E-state index is 5.82. The van der Waals surface area contributed by atoms with Crippen molar-refractivity contribution in [2.24, 2.45) is 0 Å². The fourth-order valence-electron chi connectivity index (χ4n) is 2.32. The minimum atomic E-state index is 0.795. The second-order valence-electron chi connectivity index (χ2n) is 4.98. The fraction of sp³-hybridized carbons (Fsp3) is 0. The molecule has 0 atom stereocenters. The van der Waals surface area contributed by atoms with Crippen LogP contribution in [0.1, 0.15) is 0 Å². The summed E-state index contributed by atoms with van der Waals surface area (Å²) in [6, 6.07) is 28.1. The van der Waals surface area contributed by atoms with Gasteiger partial charge in [0.25, 0.3) is 0 Å². The number of rotatable bonds is 0. The van der Waals surface area contributed by atoms with Gasteiger partial charge in [-0.15, -0.1) is 0 Å². The van der Waals surface area contributed by atoms with Gasteiger partial charge in [0, 0.05) is 10.0 Å². The van der Waals surface area contributed by atoms with Crippen molar-refractivity contribution >= 4 is 44.7 Å². The highest BCUT2D eigenvalue weighted by Gasteiger charge is 1.91. The zero-order valence-corrected chi connectivity index (χ0v) is 13.4. The molecule has 0 amide bonds. The SMILES string of the molecule is Clc1ccc2ccccc2c1.Clc1ccc2ccccc2c1. The van der Waals surface area contributed by atoms with Crippen LogP contribution in [0.5, 0.6) is 0 Å². The predicted molar refractivity (Wildman–Crippen MR) is 97.9 cm³/mol. The fourth-order valence-corrected chi connectivity index (χ4v) is 2.68. The van der Waals surface area contributed by atoms with Crippen LogP contribution in [0.2, 0.25) is 10.0 Å². The lowest BCUT2D eigenvalue weighted by atomic mass is 10.1. The quantitative estimate of drug-likeness (QED) is 0.327. The molecule has 0 aliphatic carbocycles. The number of fused-ring (bicyclic) bond motifs is 2. The Labute approximate surface area is 139 Å². The molecule has 0 aliphatic heterocycles. The van der Waals surface area contributed by atoms with Crippen molar-refractivity contribution in [3.63, 3.8) is 0 Å². The Hall–Kier alpha value is -2.02. The second kappa shape index (κ2) is 6.83. The Balaban J connectivity index is 0.000000131. The van der Waals surface area contributed by atoms with Gasteiger partial charge >= 0.3 is 0 Å². The Morgan fingerprint density at radius 3 is 1.18 bits per heavy atom. The number of hydrogen-bond donors (Lipinski definition) is 0. The van der Waals surface area contributed by atoms with E-state index in [0.29, 0.717) is 0 Å². The minimum absolute atomic E-state index is 0.795. The molecule has 2 heteroatoms. The van der Waals surface area contributed by atoms with E-state index >= 15 is 0 Å². The number of hydrogen-bond acceptors (Lipinski definition) is 0. The van der Waals surface area contributed by atoms with Gasteiger partial charge < -0.3 is 0 Å². The highest BCUT2D eigenvalue weighted by atomic mass is 35.5. The molecule has 0 aromatic heterocycles. The Morgan fingerprint density at radius 1 is 0.409 bits per heavy atom. The average molecular weight is 325 g/mol. The highest BCUT2D eigenvalue weighted by molar-refractivity contribution is 6.31. The summed E-state index contributed by atoms with van der Waals surface area (Å²) < 4.78 is 0. The maximum absolute atomic E-state index is 5.82. The van der Waals surface area contributed by atoms with Crippen molar-refractivity contribution in [1.29, 1.82) is 0 Å². The van der Waals surface area contributed by atoms with Gasteiger partial charge in [0.15, 0.2) is 0 Å². The standard InChI is InChI=1S/2C10H7Cl/c2*11-10-6-5-8-3-1-2-4-9(8)7-10/h2*1-7H. The van der Waals surface area contributed by atoms with Crippen LogP contribution in [0.25, 0.3) is 21.5 Å². The van der Waals surface area contributed by atoms with Gasteiger partial charge in [-0.2, -0.15) is 0 Å². The smallest absolute Gasteiger partial charge is 0.0412 e. The van der Waals surface area contributed by atoms with Gasteiger partial charge in [-0.3, -0.25) is 0 Å². The number of benzene rings is 4. The van der Waals surface area contributed by atoms with Gasteiger partial charge in [0.05, 0.1) is 0 Å². The molecule has 0 bridgehead atoms. The van der Waals surface area contributed by atoms with Gasteiger partial charge in [-0.1, -0.05) is 83.9 Å². The van der Waals surface area contributed by atoms with Crippen LogP contribution >= 0.6 is 23.2 Å². The molecule has 4 rings (SSSR count). The third-order valence-corrected chi connectivity index (χ3v) is 3.89. The van der Waals surface area contributed by atoms with Crippen LogP contribution in [0.15, 0.2) is 84.9 Å². The predicted octanol–water partition coefficient (Wildman–Crippen LogP) is 6.99. The van der Waals surface area contributed by atoms with Crippen molar-refractivity contribution in [2.75, 3.05) is 0 Å². The summed E-state index contributed by atoms with van der Waals surface area (Å²) in [4.78, 5) is 0. The van der Waals surface area contributed by atoms with Crippen LogP contribution in [-0.2, 0) is 0 Å². The summed E-state index contributed by atoms with van der Waals surface area (Å²) in [6.07, 6.45) is 0. The molecule has 0 unspecified atom stereocenters. The molecular formula is C20H14Cl2. The Morgan fingerprint density at radius 2 is 0.773 bits per heavy atom. The molecular weight excluding hydrogens is 311 g/mol. The summed E-state index contributed by atoms with van der Waals surface area (Å²) in [6.45, 7) is 0. The average Bonchev–Trinajstić information content (AvgIpc) is 2.55. The molecule has 4 aromatic rings. The zero-order chi connectivity index (χ0) is 15.4. The van der Waals surface area contributed by atoms with E-state index in [9.17, 15) is 0 Å². The van der Waals surface area contributed by atoms with Crippen molar-refractivity contribution in [2.45, 2.75) is 0 Å². The molecule has 0 fully saturated rings. The van der Waals surface area contributed by atoms with E-state index < -0.39 is 0 Å². The molecule has 108 valence electrons. The van der Waals surface area contributed by atoms with Crippen LogP contribution in [0.4, 0.5) is 0 Å². The Kier molecular flexibility index (Phi) is 4.62. The van der Waals surface area contributed by atoms with Crippen molar-refractivity contribution in [3.05, 3.63) is 95.0 Å². The molecule has 22 heavy (non-hydrogen) atoms. The first kappa shape index (κ1) is 14.9. The second-order valence-corrected chi connectivity index (χ2v) is 5.86. The van der Waals surface area contributed by atoms with E-state index in [-0.39, 0.29) is 0 Å². The molecule has 0 nitrogen and oxygen atoms in total. The first-order valence-corrected chi connectivity index (χ1v) is 7.76. The first-order valence-electron chi connectivity index (χ1n) is 7.01. The van der Waals surface area contributed by atoms with Gasteiger partial charge in [-0.05, 0) is 45.8 Å². The van der Waals surface area contributed by atoms with Gasteiger partial charge in [0.1, 0.15) is 0 Å². The van der Waals surface area contributed by atoms with E-state index in [1.807, 2.05) is 60.7 Å². The monoisotopic (exact) mass is 324 g/mol. The number of halogens is 2. The van der Waals surface area contributed by atoms with Crippen LogP contribution in [0.3, 0.4) is 0 Å². The third kappa shape index (κ3) is 3.59. The third-order valence-electron chi connectivity index (χ3n) is 3.42. The molecule has 0 N–H and O–H groups in total. The van der Waals surface area contributed by atoms with Gasteiger partial charge in [-0.25, -0.2) is 0 Å². The molecule has 0 heterocycles. The van der Waals surface area contributed by atoms with Crippen LogP contribution < -0.4 is 0 Å². The minimum Gasteiger partial charge on any atom is -0.0843 e. The summed E-state index contributed by atoms with van der Waals surface area (Å²) in [5.74, 6) is 0. The maximum Gasteiger partial charge on any atom is 0.0412 e. The molecule has 4 aromatic carbocycles. The normalized spacial score (nSPS) is 10.3. The first-order chi connectivity index (χ1) is 10.7. The molecule has 0 spiro atoms. The lowest BCUT2D eigenvalue weighted by Crippen LogP contribution is -1.69. The van der Waals surface area contributed by atoms with Crippen LogP contribution in [-0.4, -0.2) is 0 Å². The van der Waals surface area contributed by atoms with E-state index in [1.54, 1.807) is 0 Å². The summed E-state index contributed by atoms with van der Waals surface area (Å²) >= 11 is 11.6. The van der Waals surface area contributed by atoms with Crippen molar-refractivity contribution in [3.8, 4) is 0 Å². The molecule has 0 saturated heterocycles. The van der Waals surface area contributed by atoms with Crippen molar-refractivity contribution < 1.29 is 0 Å². The summed E-state index contributed by atoms with van der Waals surface area (Å²) in [7, 11) is 0. The van der Waals surface area contributed by atoms with E-state index in [2.05, 4.69) is 24.3 Å². The summed E-state index contributed by atoms with van der Waals surface area (Å²) in [5, 5.41) is 6.45. The van der Waals surface area contributed by atoms with Crippen molar-refractivity contribution in [1.82, 2.24) is 0 Å². The van der Waals surface area contributed by atoms with E-state index in [4.69, 9.17) is 23.2 Å². The van der Waals surface area contributed by atoms with Crippen LogP contribution in [0, 0.1) is 0 Å². The highest BCUT2D eigenvalue weighted by Crippen LogP contribution is 2.19. The van der Waals surface area contributed by atoms with Gasteiger partial charge in [0.2, 0.25) is 0 Å². The zero-order valence-electron chi connectivity index (χ0n) is 11.8. The van der Waals surface area contributed by atoms with E-state index in [0.717, 1.165) is 10.0 Å². The summed E-state index contributed by atoms with van der Waals surface area (Å²) in [5.41, 5.74) is 0. The Bertz CT molecular complexity index is 836. The lowest BCUT2D eigenvalue weighted by Gasteiger charge is -1.95. The lowest BCUT2D eigenvalue weighted by molar-refractivity contribution is 1.75. The molecule has 0 saturated carbocycles. The molecule has 0 aliphatic rings. The van der Waals surface area contributed by atoms with E-state index in [1.165, 1.54) is 21.5 Å². The largest absolute Gasteiger partial charge is 0.0843 e. The topological polar surface area (TPSA) is 0 Å². The molecule has 0 radical (unpaired) electrons.